The number of hydrogen-bond acceptors (Lipinski definition) is 6. The number of halogens is 3. The zero-order valence-electron chi connectivity index (χ0n) is 17.3. The summed E-state index contributed by atoms with van der Waals surface area (Å²) in [6.07, 6.45) is -3.93. The van der Waals surface area contributed by atoms with Crippen molar-refractivity contribution < 1.29 is 22.6 Å². The van der Waals surface area contributed by atoms with E-state index in [1.807, 2.05) is 20.8 Å². The smallest absolute Gasteiger partial charge is 0.421 e. The minimum Gasteiger partial charge on any atom is -0.494 e. The summed E-state index contributed by atoms with van der Waals surface area (Å²) in [6, 6.07) is 13.6. The lowest BCUT2D eigenvalue weighted by Gasteiger charge is -2.16. The Morgan fingerprint density at radius 1 is 0.968 bits per heavy atom. The molecule has 2 aromatic carbocycles. The highest BCUT2D eigenvalue weighted by Gasteiger charge is 2.35. The number of aromatic nitrogens is 2. The van der Waals surface area contributed by atoms with Gasteiger partial charge in [0.15, 0.2) is 0 Å². The topological polar surface area (TPSA) is 68.3 Å². The Morgan fingerprint density at radius 2 is 1.71 bits per heavy atom. The first-order valence-corrected chi connectivity index (χ1v) is 9.72. The molecule has 0 amide bonds. The summed E-state index contributed by atoms with van der Waals surface area (Å²) in [5.41, 5.74) is 0.0517. The van der Waals surface area contributed by atoms with Crippen LogP contribution in [0, 0.1) is 0 Å². The van der Waals surface area contributed by atoms with Gasteiger partial charge in [-0.05, 0) is 57.2 Å². The Kier molecular flexibility index (Phi) is 6.84. The van der Waals surface area contributed by atoms with Crippen LogP contribution in [0.15, 0.2) is 54.7 Å². The van der Waals surface area contributed by atoms with Gasteiger partial charge in [0, 0.05) is 23.6 Å². The molecule has 31 heavy (non-hydrogen) atoms. The summed E-state index contributed by atoms with van der Waals surface area (Å²) in [6.45, 7) is 6.14. The van der Waals surface area contributed by atoms with Gasteiger partial charge < -0.3 is 20.1 Å². The Bertz CT molecular complexity index is 1010. The Labute approximate surface area is 178 Å². The Hall–Kier alpha value is -3.49. The number of alkyl halides is 3. The van der Waals surface area contributed by atoms with E-state index in [-0.39, 0.29) is 17.9 Å². The summed E-state index contributed by atoms with van der Waals surface area (Å²) in [5.74, 6) is 0.884. The van der Waals surface area contributed by atoms with Crippen molar-refractivity contribution in [3.8, 4) is 11.5 Å². The minimum atomic E-state index is -4.62. The molecule has 164 valence electrons. The van der Waals surface area contributed by atoms with Crippen LogP contribution in [0.25, 0.3) is 0 Å². The van der Waals surface area contributed by atoms with E-state index in [1.165, 1.54) is 0 Å². The molecule has 0 atom stereocenters. The molecular weight excluding hydrogens is 409 g/mol. The fourth-order valence-corrected chi connectivity index (χ4v) is 2.73. The number of benzene rings is 2. The molecule has 0 bridgehead atoms. The molecule has 0 saturated carbocycles. The fourth-order valence-electron chi connectivity index (χ4n) is 2.73. The van der Waals surface area contributed by atoms with Crippen molar-refractivity contribution >= 4 is 23.1 Å². The first-order valence-electron chi connectivity index (χ1n) is 9.72. The van der Waals surface area contributed by atoms with E-state index in [9.17, 15) is 13.2 Å². The lowest BCUT2D eigenvalue weighted by molar-refractivity contribution is -0.137. The molecule has 0 aliphatic heterocycles. The van der Waals surface area contributed by atoms with Crippen LogP contribution in [-0.4, -0.2) is 22.7 Å². The van der Waals surface area contributed by atoms with Gasteiger partial charge in [0.25, 0.3) is 0 Å². The molecule has 3 aromatic rings. The third kappa shape index (κ3) is 6.24. The van der Waals surface area contributed by atoms with Gasteiger partial charge in [-0.3, -0.25) is 0 Å². The molecule has 2 N–H and O–H groups in total. The van der Waals surface area contributed by atoms with Gasteiger partial charge in [0.05, 0.1) is 12.7 Å². The summed E-state index contributed by atoms with van der Waals surface area (Å²) in [5, 5.41) is 5.64. The second-order valence-corrected chi connectivity index (χ2v) is 6.86. The summed E-state index contributed by atoms with van der Waals surface area (Å²) >= 11 is 0. The quantitative estimate of drug-likeness (QED) is 0.444. The lowest BCUT2D eigenvalue weighted by Crippen LogP contribution is -2.12. The van der Waals surface area contributed by atoms with Gasteiger partial charge >= 0.3 is 6.18 Å². The number of hydrogen-bond donors (Lipinski definition) is 2. The average molecular weight is 432 g/mol. The largest absolute Gasteiger partial charge is 0.494 e. The van der Waals surface area contributed by atoms with Crippen LogP contribution in [0.3, 0.4) is 0 Å². The van der Waals surface area contributed by atoms with Crippen molar-refractivity contribution in [1.29, 1.82) is 0 Å². The zero-order chi connectivity index (χ0) is 22.4. The summed E-state index contributed by atoms with van der Waals surface area (Å²) in [4.78, 5) is 7.87. The Balaban J connectivity index is 1.87. The monoisotopic (exact) mass is 432 g/mol. The second-order valence-electron chi connectivity index (χ2n) is 6.86. The number of anilines is 4. The minimum absolute atomic E-state index is 0.0224. The summed E-state index contributed by atoms with van der Waals surface area (Å²) < 4.78 is 51.5. The number of nitrogens with one attached hydrogen (secondary N) is 2. The van der Waals surface area contributed by atoms with Crippen LogP contribution in [0.1, 0.15) is 26.3 Å². The maximum atomic E-state index is 13.5. The fraction of sp³-hybridized carbons (Fsp3) is 0.273. The number of ether oxygens (including phenoxy) is 2. The highest BCUT2D eigenvalue weighted by atomic mass is 19.4. The van der Waals surface area contributed by atoms with Crippen LogP contribution in [-0.2, 0) is 6.18 Å². The molecular formula is C22H23F3N4O2. The first-order chi connectivity index (χ1) is 14.7. The lowest BCUT2D eigenvalue weighted by atomic mass is 10.2. The molecule has 1 heterocycles. The van der Waals surface area contributed by atoms with Gasteiger partial charge in [-0.15, -0.1) is 0 Å². The SMILES string of the molecule is CCOc1ccc(Nc2ncc(C(F)(F)F)c(Nc3cccc(OC(C)C)c3)n2)cc1. The van der Waals surface area contributed by atoms with Gasteiger partial charge in [-0.2, -0.15) is 18.2 Å². The predicted molar refractivity (Wildman–Crippen MR) is 113 cm³/mol. The van der Waals surface area contributed by atoms with E-state index in [2.05, 4.69) is 20.6 Å². The molecule has 3 rings (SSSR count). The average Bonchev–Trinajstić information content (AvgIpc) is 2.69. The van der Waals surface area contributed by atoms with Crippen LogP contribution in [0.5, 0.6) is 11.5 Å². The molecule has 0 unspecified atom stereocenters. The van der Waals surface area contributed by atoms with Gasteiger partial charge in [0.2, 0.25) is 5.95 Å². The van der Waals surface area contributed by atoms with Gasteiger partial charge in [-0.25, -0.2) is 4.98 Å². The van der Waals surface area contributed by atoms with E-state index in [1.54, 1.807) is 48.5 Å². The highest BCUT2D eigenvalue weighted by molar-refractivity contribution is 5.64. The molecule has 6 nitrogen and oxygen atoms in total. The third-order valence-corrected chi connectivity index (χ3v) is 3.98. The molecule has 1 aromatic heterocycles. The maximum Gasteiger partial charge on any atom is 0.421 e. The van der Waals surface area contributed by atoms with Crippen molar-refractivity contribution in [1.82, 2.24) is 9.97 Å². The normalized spacial score (nSPS) is 11.3. The zero-order valence-corrected chi connectivity index (χ0v) is 17.3. The van der Waals surface area contributed by atoms with Gasteiger partial charge in [0.1, 0.15) is 22.9 Å². The molecule has 0 aliphatic rings. The second kappa shape index (κ2) is 9.55. The van der Waals surface area contributed by atoms with Crippen molar-refractivity contribution in [2.45, 2.75) is 33.1 Å². The summed E-state index contributed by atoms with van der Waals surface area (Å²) in [7, 11) is 0. The van der Waals surface area contributed by atoms with Crippen LogP contribution in [0.2, 0.25) is 0 Å². The molecule has 0 saturated heterocycles. The van der Waals surface area contributed by atoms with Crippen molar-refractivity contribution in [3.63, 3.8) is 0 Å². The van der Waals surface area contributed by atoms with Crippen LogP contribution < -0.4 is 20.1 Å². The van der Waals surface area contributed by atoms with E-state index in [0.717, 1.165) is 6.20 Å². The van der Waals surface area contributed by atoms with Crippen molar-refractivity contribution in [3.05, 3.63) is 60.3 Å². The molecule has 9 heteroatoms. The van der Waals surface area contributed by atoms with Crippen LogP contribution in [0.4, 0.5) is 36.3 Å². The van der Waals surface area contributed by atoms with Crippen molar-refractivity contribution in [2.24, 2.45) is 0 Å². The third-order valence-electron chi connectivity index (χ3n) is 3.98. The van der Waals surface area contributed by atoms with E-state index in [0.29, 0.717) is 29.5 Å². The Morgan fingerprint density at radius 3 is 2.35 bits per heavy atom. The van der Waals surface area contributed by atoms with E-state index in [4.69, 9.17) is 9.47 Å². The van der Waals surface area contributed by atoms with E-state index < -0.39 is 11.7 Å². The molecule has 0 spiro atoms. The highest BCUT2D eigenvalue weighted by Crippen LogP contribution is 2.35. The van der Waals surface area contributed by atoms with Crippen molar-refractivity contribution in [2.75, 3.05) is 17.2 Å². The predicted octanol–water partition coefficient (Wildman–Crippen LogP) is 6.17. The standard InChI is InChI=1S/C22H23F3N4O2/c1-4-30-17-10-8-15(9-11-17)28-21-26-13-19(22(23,24)25)20(29-21)27-16-6-5-7-18(12-16)31-14(2)3/h5-14H,4H2,1-3H3,(H2,26,27,28,29). The molecule has 0 radical (unpaired) electrons. The maximum absolute atomic E-state index is 13.5. The first kappa shape index (κ1) is 22.2. The molecule has 0 fully saturated rings. The molecule has 0 aliphatic carbocycles. The number of nitrogens with zero attached hydrogens (tertiary/aromatic N) is 2. The van der Waals surface area contributed by atoms with Gasteiger partial charge in [-0.1, -0.05) is 6.07 Å². The number of rotatable bonds is 8. The van der Waals surface area contributed by atoms with Crippen LogP contribution >= 0.6 is 0 Å². The van der Waals surface area contributed by atoms with E-state index >= 15 is 0 Å².